The van der Waals surface area contributed by atoms with Crippen molar-refractivity contribution in [2.24, 2.45) is 0 Å². The van der Waals surface area contributed by atoms with Crippen molar-refractivity contribution < 1.29 is 53.8 Å². The number of carbonyl (C=O) groups is 1. The van der Waals surface area contributed by atoms with Crippen LogP contribution in [0, 0.1) is 17.5 Å². The van der Waals surface area contributed by atoms with E-state index < -0.39 is 79.3 Å². The van der Waals surface area contributed by atoms with Gasteiger partial charge in [0, 0.05) is 18.4 Å². The number of methoxy groups -OCH3 is 1. The van der Waals surface area contributed by atoms with Gasteiger partial charge in [-0.1, -0.05) is 0 Å². The molecule has 0 radical (unpaired) electrons. The fourth-order valence-corrected chi connectivity index (χ4v) is 4.05. The van der Waals surface area contributed by atoms with Crippen LogP contribution in [-0.2, 0) is 9.84 Å². The molecule has 1 atom stereocenters. The van der Waals surface area contributed by atoms with Gasteiger partial charge >= 0.3 is 6.18 Å². The molecule has 192 valence electrons. The predicted octanol–water partition coefficient (Wildman–Crippen LogP) is 3.75. The smallest absolute Gasteiger partial charge is 0.425 e. The van der Waals surface area contributed by atoms with Gasteiger partial charge in [-0.3, -0.25) is 4.79 Å². The summed E-state index contributed by atoms with van der Waals surface area (Å²) >= 11 is 0. The lowest BCUT2D eigenvalue weighted by atomic mass is 10.1. The molecule has 1 aliphatic heterocycles. The van der Waals surface area contributed by atoms with Crippen molar-refractivity contribution in [2.45, 2.75) is 30.2 Å². The molecule has 1 amide bonds. The van der Waals surface area contributed by atoms with Gasteiger partial charge < -0.3 is 19.1 Å². The van der Waals surface area contributed by atoms with Crippen molar-refractivity contribution in [2.75, 3.05) is 26.5 Å². The van der Waals surface area contributed by atoms with Crippen LogP contribution >= 0.6 is 0 Å². The molecule has 0 unspecified atom stereocenters. The van der Waals surface area contributed by atoms with E-state index in [1.165, 1.54) is 0 Å². The number of benzene rings is 2. The normalized spacial score (nSPS) is 15.4. The molecule has 1 fully saturated rings. The Balaban J connectivity index is 1.90. The summed E-state index contributed by atoms with van der Waals surface area (Å²) in [5.41, 5.74) is -0.566. The number of carbonyl (C=O) groups excluding carboxylic acids is 1. The van der Waals surface area contributed by atoms with Crippen molar-refractivity contribution in [3.8, 4) is 17.2 Å². The maximum absolute atomic E-state index is 13.8. The number of amides is 1. The van der Waals surface area contributed by atoms with Crippen LogP contribution in [0.2, 0.25) is 0 Å². The highest BCUT2D eigenvalue weighted by molar-refractivity contribution is 7.90. The van der Waals surface area contributed by atoms with Crippen LogP contribution in [0.4, 0.5) is 26.3 Å². The van der Waals surface area contributed by atoms with Crippen LogP contribution in [0.3, 0.4) is 0 Å². The van der Waals surface area contributed by atoms with E-state index in [-0.39, 0.29) is 13.1 Å². The number of hydrogen-bond acceptors (Lipinski definition) is 6. The first kappa shape index (κ1) is 26.4. The first-order chi connectivity index (χ1) is 16.1. The van der Waals surface area contributed by atoms with E-state index in [0.717, 1.165) is 30.4 Å². The molecule has 14 heteroatoms. The fourth-order valence-electron chi connectivity index (χ4n) is 3.21. The quantitative estimate of drug-likeness (QED) is 0.403. The molecule has 3 rings (SSSR count). The van der Waals surface area contributed by atoms with Gasteiger partial charge in [0.25, 0.3) is 5.91 Å². The lowest BCUT2D eigenvalue weighted by Crippen LogP contribution is -2.56. The summed E-state index contributed by atoms with van der Waals surface area (Å²) in [6.07, 6.45) is -7.16. The van der Waals surface area contributed by atoms with Gasteiger partial charge in [0.2, 0.25) is 0 Å². The Morgan fingerprint density at radius 1 is 1.06 bits per heavy atom. The molecule has 0 aliphatic carbocycles. The summed E-state index contributed by atoms with van der Waals surface area (Å²) in [5.74, 6) is -6.56. The van der Waals surface area contributed by atoms with Crippen LogP contribution in [0.5, 0.6) is 17.2 Å². The highest BCUT2D eigenvalue weighted by Gasteiger charge is 2.41. The van der Waals surface area contributed by atoms with Crippen molar-refractivity contribution in [1.82, 2.24) is 4.90 Å². The Hall–Kier alpha value is -3.16. The second-order valence-corrected chi connectivity index (χ2v) is 9.67. The zero-order valence-electron chi connectivity index (χ0n) is 18.5. The number of halogens is 6. The van der Waals surface area contributed by atoms with Crippen molar-refractivity contribution >= 4 is 15.7 Å². The molecule has 1 aliphatic rings. The Morgan fingerprint density at radius 2 is 1.66 bits per heavy atom. The minimum absolute atomic E-state index is 0.224. The van der Waals surface area contributed by atoms with Gasteiger partial charge in [-0.2, -0.15) is 13.2 Å². The van der Waals surface area contributed by atoms with Gasteiger partial charge in [0.05, 0.1) is 20.2 Å². The number of likely N-dealkylation sites (tertiary alicyclic amines) is 1. The highest BCUT2D eigenvalue weighted by Crippen LogP contribution is 2.39. The van der Waals surface area contributed by atoms with Crippen molar-refractivity contribution in [3.63, 3.8) is 0 Å². The zero-order chi connectivity index (χ0) is 26.3. The molecule has 0 bridgehead atoms. The molecule has 1 saturated heterocycles. The summed E-state index contributed by atoms with van der Waals surface area (Å²) < 4.78 is 119. The van der Waals surface area contributed by atoms with Crippen LogP contribution in [-0.4, -0.2) is 64.1 Å². The SMILES string of the molecule is COc1c(S(C)(=O)=O)ccc(O[C@@H](C)C(F)(F)F)c1C(=O)N1CC(Oc2cc(F)c(F)cc2F)C1. The number of nitrogens with zero attached hydrogens (tertiary/aromatic N) is 1. The third kappa shape index (κ3) is 5.57. The lowest BCUT2D eigenvalue weighted by Gasteiger charge is -2.39. The van der Waals surface area contributed by atoms with E-state index in [2.05, 4.69) is 0 Å². The summed E-state index contributed by atoms with van der Waals surface area (Å²) in [4.78, 5) is 13.8. The Kier molecular flexibility index (Phi) is 7.16. The summed E-state index contributed by atoms with van der Waals surface area (Å²) in [6.45, 7) is 0.255. The maximum atomic E-state index is 13.8. The number of sulfone groups is 1. The van der Waals surface area contributed by atoms with Gasteiger partial charge in [-0.05, 0) is 19.1 Å². The maximum Gasteiger partial charge on any atom is 0.425 e. The molecule has 35 heavy (non-hydrogen) atoms. The predicted molar refractivity (Wildman–Crippen MR) is 109 cm³/mol. The molecule has 0 N–H and O–H groups in total. The molecule has 0 aromatic heterocycles. The van der Waals surface area contributed by atoms with E-state index in [9.17, 15) is 39.6 Å². The third-order valence-electron chi connectivity index (χ3n) is 5.07. The van der Waals surface area contributed by atoms with E-state index >= 15 is 0 Å². The number of alkyl halides is 3. The van der Waals surface area contributed by atoms with Crippen LogP contribution < -0.4 is 14.2 Å². The Labute approximate surface area is 196 Å². The summed E-state index contributed by atoms with van der Waals surface area (Å²) in [5, 5.41) is 0. The summed E-state index contributed by atoms with van der Waals surface area (Å²) in [6, 6.07) is 2.66. The molecule has 2 aromatic carbocycles. The van der Waals surface area contributed by atoms with Crippen LogP contribution in [0.15, 0.2) is 29.2 Å². The largest absolute Gasteiger partial charge is 0.494 e. The molecule has 0 saturated carbocycles. The number of hydrogen-bond donors (Lipinski definition) is 0. The van der Waals surface area contributed by atoms with E-state index in [1.54, 1.807) is 0 Å². The van der Waals surface area contributed by atoms with E-state index in [1.807, 2.05) is 0 Å². The highest BCUT2D eigenvalue weighted by atomic mass is 32.2. The van der Waals surface area contributed by atoms with Crippen molar-refractivity contribution in [3.05, 3.63) is 47.3 Å². The van der Waals surface area contributed by atoms with E-state index in [4.69, 9.17) is 14.2 Å². The van der Waals surface area contributed by atoms with Gasteiger partial charge in [-0.15, -0.1) is 0 Å². The molecule has 7 nitrogen and oxygen atoms in total. The Bertz CT molecular complexity index is 1240. The average Bonchev–Trinajstić information content (AvgIpc) is 2.71. The summed E-state index contributed by atoms with van der Waals surface area (Å²) in [7, 11) is -2.93. The molecule has 1 heterocycles. The van der Waals surface area contributed by atoms with Gasteiger partial charge in [-0.25, -0.2) is 21.6 Å². The topological polar surface area (TPSA) is 82.1 Å². The second kappa shape index (κ2) is 9.47. The van der Waals surface area contributed by atoms with Gasteiger partial charge in [0.15, 0.2) is 44.9 Å². The number of ether oxygens (including phenoxy) is 3. The first-order valence-corrected chi connectivity index (χ1v) is 11.8. The van der Waals surface area contributed by atoms with Crippen LogP contribution in [0.1, 0.15) is 17.3 Å². The number of rotatable bonds is 7. The average molecular weight is 527 g/mol. The van der Waals surface area contributed by atoms with Crippen LogP contribution in [0.25, 0.3) is 0 Å². The van der Waals surface area contributed by atoms with E-state index in [0.29, 0.717) is 19.1 Å². The molecule has 0 spiro atoms. The third-order valence-corrected chi connectivity index (χ3v) is 6.19. The monoisotopic (exact) mass is 527 g/mol. The minimum atomic E-state index is -4.78. The molecular weight excluding hydrogens is 508 g/mol. The van der Waals surface area contributed by atoms with Gasteiger partial charge in [0.1, 0.15) is 22.3 Å². The molecular formula is C21H19F6NO6S. The first-order valence-electron chi connectivity index (χ1n) is 9.88. The fraction of sp³-hybridized carbons (Fsp3) is 0.381. The lowest BCUT2D eigenvalue weighted by molar-refractivity contribution is -0.189. The zero-order valence-corrected chi connectivity index (χ0v) is 19.3. The minimum Gasteiger partial charge on any atom is -0.494 e. The molecule has 2 aromatic rings. The standard InChI is InChI=1S/C21H19F6NO6S/c1-10(21(25,26)27)33-15-4-5-17(35(3,30)31)19(32-2)18(15)20(29)28-8-11(9-28)34-16-7-13(23)12(22)6-14(16)24/h4-7,10-11H,8-9H2,1-3H3/t10-/m0/s1. The second-order valence-electron chi connectivity index (χ2n) is 7.69. The van der Waals surface area contributed by atoms with Crippen molar-refractivity contribution in [1.29, 1.82) is 0 Å². The Morgan fingerprint density at radius 3 is 2.20 bits per heavy atom.